The summed E-state index contributed by atoms with van der Waals surface area (Å²) in [7, 11) is 0. The minimum absolute atomic E-state index is 0.0309. The quantitative estimate of drug-likeness (QED) is 0.664. The molecule has 0 spiro atoms. The van der Waals surface area contributed by atoms with E-state index >= 15 is 0 Å². The summed E-state index contributed by atoms with van der Waals surface area (Å²) in [5.74, 6) is -0.971. The van der Waals surface area contributed by atoms with Crippen LogP contribution in [-0.4, -0.2) is 38.5 Å². The number of benzene rings is 1. The number of nitrogens with one attached hydrogen (secondary N) is 1. The van der Waals surface area contributed by atoms with Crippen LogP contribution in [0.15, 0.2) is 30.5 Å². The average Bonchev–Trinajstić information content (AvgIpc) is 2.86. The molecule has 0 atom stereocenters. The summed E-state index contributed by atoms with van der Waals surface area (Å²) < 4.78 is 1.35. The van der Waals surface area contributed by atoms with Gasteiger partial charge >= 0.3 is 0 Å². The molecule has 4 N–H and O–H groups in total. The molecule has 0 aliphatic carbocycles. The molecule has 2 rings (SSSR count). The van der Waals surface area contributed by atoms with E-state index in [1.807, 2.05) is 0 Å². The number of anilines is 1. The molecule has 1 heterocycles. The van der Waals surface area contributed by atoms with E-state index in [0.717, 1.165) is 0 Å². The Morgan fingerprint density at radius 1 is 1.33 bits per heavy atom. The zero-order valence-electron chi connectivity index (χ0n) is 11.2. The van der Waals surface area contributed by atoms with Crippen molar-refractivity contribution in [1.82, 2.24) is 15.0 Å². The molecule has 8 nitrogen and oxygen atoms in total. The van der Waals surface area contributed by atoms with E-state index in [0.29, 0.717) is 17.8 Å². The molecule has 0 aliphatic rings. The molecule has 0 unspecified atom stereocenters. The molecule has 0 fully saturated rings. The lowest BCUT2D eigenvalue weighted by molar-refractivity contribution is -0.116. The van der Waals surface area contributed by atoms with Crippen LogP contribution in [0.3, 0.4) is 0 Å². The van der Waals surface area contributed by atoms with Crippen molar-refractivity contribution < 1.29 is 14.7 Å². The number of primary amides is 1. The zero-order valence-corrected chi connectivity index (χ0v) is 11.2. The van der Waals surface area contributed by atoms with Crippen LogP contribution >= 0.6 is 0 Å². The van der Waals surface area contributed by atoms with Crippen molar-refractivity contribution in [2.75, 3.05) is 11.9 Å². The van der Waals surface area contributed by atoms with Crippen LogP contribution < -0.4 is 11.1 Å². The lowest BCUT2D eigenvalue weighted by Crippen LogP contribution is -2.22. The van der Waals surface area contributed by atoms with Gasteiger partial charge in [-0.25, -0.2) is 4.68 Å². The molecule has 2 amide bonds. The predicted octanol–water partition coefficient (Wildman–Crippen LogP) is -0.450. The second-order valence-electron chi connectivity index (χ2n) is 4.34. The van der Waals surface area contributed by atoms with Gasteiger partial charge in [-0.05, 0) is 12.1 Å². The summed E-state index contributed by atoms with van der Waals surface area (Å²) in [5, 5.41) is 19.0. The van der Waals surface area contributed by atoms with Crippen LogP contribution in [0.25, 0.3) is 0 Å². The molecule has 0 saturated heterocycles. The van der Waals surface area contributed by atoms with Gasteiger partial charge in [-0.15, -0.1) is 5.10 Å². The van der Waals surface area contributed by atoms with Gasteiger partial charge in [0.25, 0.3) is 5.91 Å². The fourth-order valence-corrected chi connectivity index (χ4v) is 1.79. The van der Waals surface area contributed by atoms with Crippen molar-refractivity contribution in [2.24, 2.45) is 5.73 Å². The molecule has 0 saturated carbocycles. The van der Waals surface area contributed by atoms with Crippen LogP contribution in [0, 0.1) is 0 Å². The Hall–Kier alpha value is -2.74. The molecule has 21 heavy (non-hydrogen) atoms. The Morgan fingerprint density at radius 3 is 2.81 bits per heavy atom. The first-order valence-electron chi connectivity index (χ1n) is 6.28. The lowest BCUT2D eigenvalue weighted by Gasteiger charge is -2.08. The number of nitrogens with zero attached hydrogens (tertiary/aromatic N) is 3. The maximum absolute atomic E-state index is 11.9. The first-order chi connectivity index (χ1) is 10.1. The van der Waals surface area contributed by atoms with Crippen LogP contribution in [0.2, 0.25) is 0 Å². The topological polar surface area (TPSA) is 123 Å². The van der Waals surface area contributed by atoms with Gasteiger partial charge in [-0.2, -0.15) is 0 Å². The van der Waals surface area contributed by atoms with E-state index in [4.69, 9.17) is 10.8 Å². The molecule has 110 valence electrons. The standard InChI is InChI=1S/C13H15N5O3/c14-13(21)10-3-1-2-4-11(10)15-12(20)8-18-7-9(5-6-19)16-17-18/h1-4,7,19H,5-6,8H2,(H2,14,21)(H,15,20). The highest BCUT2D eigenvalue weighted by Crippen LogP contribution is 2.14. The highest BCUT2D eigenvalue weighted by atomic mass is 16.3. The number of aliphatic hydroxyl groups is 1. The number of nitrogens with two attached hydrogens (primary N) is 1. The average molecular weight is 289 g/mol. The maximum Gasteiger partial charge on any atom is 0.250 e. The van der Waals surface area contributed by atoms with Crippen molar-refractivity contribution in [1.29, 1.82) is 0 Å². The summed E-state index contributed by atoms with van der Waals surface area (Å²) in [6.07, 6.45) is 1.96. The van der Waals surface area contributed by atoms with Crippen molar-refractivity contribution in [2.45, 2.75) is 13.0 Å². The van der Waals surface area contributed by atoms with Gasteiger partial charge < -0.3 is 16.2 Å². The van der Waals surface area contributed by atoms with Gasteiger partial charge in [0.05, 0.1) is 16.9 Å². The third kappa shape index (κ3) is 3.86. The van der Waals surface area contributed by atoms with Gasteiger partial charge in [0.15, 0.2) is 0 Å². The molecule has 0 bridgehead atoms. The number of carbonyl (C=O) groups is 2. The largest absolute Gasteiger partial charge is 0.396 e. The number of rotatable bonds is 6. The number of amides is 2. The number of para-hydroxylation sites is 1. The number of carbonyl (C=O) groups excluding carboxylic acids is 2. The molecule has 1 aromatic heterocycles. The molecule has 0 radical (unpaired) electrons. The van der Waals surface area contributed by atoms with Gasteiger partial charge in [-0.3, -0.25) is 9.59 Å². The minimum atomic E-state index is -0.614. The van der Waals surface area contributed by atoms with Crippen LogP contribution in [0.4, 0.5) is 5.69 Å². The fourth-order valence-electron chi connectivity index (χ4n) is 1.79. The Balaban J connectivity index is 2.03. The zero-order chi connectivity index (χ0) is 15.2. The summed E-state index contributed by atoms with van der Waals surface area (Å²) in [6.45, 7) is -0.0810. The Morgan fingerprint density at radius 2 is 2.10 bits per heavy atom. The van der Waals surface area contributed by atoms with Crippen molar-refractivity contribution >= 4 is 17.5 Å². The molecular weight excluding hydrogens is 274 g/mol. The van der Waals surface area contributed by atoms with Gasteiger partial charge in [0, 0.05) is 19.2 Å². The van der Waals surface area contributed by atoms with E-state index < -0.39 is 5.91 Å². The Kier molecular flexibility index (Phi) is 4.62. The lowest BCUT2D eigenvalue weighted by atomic mass is 10.1. The molecule has 8 heteroatoms. The van der Waals surface area contributed by atoms with E-state index in [2.05, 4.69) is 15.6 Å². The molecule has 2 aromatic rings. The van der Waals surface area contributed by atoms with Crippen LogP contribution in [-0.2, 0) is 17.8 Å². The highest BCUT2D eigenvalue weighted by molar-refractivity contribution is 6.02. The summed E-state index contributed by atoms with van der Waals surface area (Å²) in [4.78, 5) is 23.2. The smallest absolute Gasteiger partial charge is 0.250 e. The highest BCUT2D eigenvalue weighted by Gasteiger charge is 2.11. The van der Waals surface area contributed by atoms with Gasteiger partial charge in [-0.1, -0.05) is 17.3 Å². The van der Waals surface area contributed by atoms with Crippen LogP contribution in [0.5, 0.6) is 0 Å². The van der Waals surface area contributed by atoms with Gasteiger partial charge in [0.1, 0.15) is 6.54 Å². The van der Waals surface area contributed by atoms with E-state index in [9.17, 15) is 9.59 Å². The maximum atomic E-state index is 11.9. The summed E-state index contributed by atoms with van der Waals surface area (Å²) in [6, 6.07) is 6.48. The second-order valence-corrected chi connectivity index (χ2v) is 4.34. The molecule has 1 aromatic carbocycles. The summed E-state index contributed by atoms with van der Waals surface area (Å²) >= 11 is 0. The SMILES string of the molecule is NC(=O)c1ccccc1NC(=O)Cn1cc(CCO)nn1. The van der Waals surface area contributed by atoms with Gasteiger partial charge in [0.2, 0.25) is 5.91 Å². The predicted molar refractivity (Wildman–Crippen MR) is 74.4 cm³/mol. The van der Waals surface area contributed by atoms with E-state index in [1.54, 1.807) is 24.4 Å². The third-order valence-electron chi connectivity index (χ3n) is 2.73. The normalized spacial score (nSPS) is 10.3. The number of aliphatic hydroxyl groups excluding tert-OH is 1. The summed E-state index contributed by atoms with van der Waals surface area (Å²) in [5.41, 5.74) is 6.43. The number of hydrogen-bond donors (Lipinski definition) is 3. The van der Waals surface area contributed by atoms with Crippen molar-refractivity contribution in [3.63, 3.8) is 0 Å². The van der Waals surface area contributed by atoms with Crippen molar-refractivity contribution in [3.05, 3.63) is 41.7 Å². The monoisotopic (exact) mass is 289 g/mol. The van der Waals surface area contributed by atoms with E-state index in [-0.39, 0.29) is 24.6 Å². The molecular formula is C13H15N5O3. The first-order valence-corrected chi connectivity index (χ1v) is 6.28. The fraction of sp³-hybridized carbons (Fsp3) is 0.231. The molecule has 0 aliphatic heterocycles. The first kappa shape index (κ1) is 14.7. The van der Waals surface area contributed by atoms with Crippen molar-refractivity contribution in [3.8, 4) is 0 Å². The Bertz CT molecular complexity index is 653. The van der Waals surface area contributed by atoms with Crippen LogP contribution in [0.1, 0.15) is 16.1 Å². The minimum Gasteiger partial charge on any atom is -0.396 e. The third-order valence-corrected chi connectivity index (χ3v) is 2.73. The van der Waals surface area contributed by atoms with E-state index in [1.165, 1.54) is 10.7 Å². The Labute approximate surface area is 120 Å². The number of hydrogen-bond acceptors (Lipinski definition) is 5. The second kappa shape index (κ2) is 6.62. The number of aromatic nitrogens is 3.